The predicted molar refractivity (Wildman–Crippen MR) is 105 cm³/mol. The minimum Gasteiger partial charge on any atom is -0.325 e. The highest BCUT2D eigenvalue weighted by Gasteiger charge is 2.21. The number of nitrogens with one attached hydrogen (secondary N) is 1. The SMILES string of the molecule is CC(Sc1nc2c(cc1C#N)CCC2)C(=O)Nc1ccc(C(C)C)cc1. The minimum atomic E-state index is -0.334. The molecule has 1 aromatic heterocycles. The van der Waals surface area contributed by atoms with Crippen molar-refractivity contribution < 1.29 is 4.79 Å². The lowest BCUT2D eigenvalue weighted by Gasteiger charge is -2.14. The first-order chi connectivity index (χ1) is 12.5. The standard InChI is InChI=1S/C21H23N3OS/c1-13(2)15-7-9-18(10-8-15)23-20(25)14(3)26-21-17(12-22)11-16-5-4-6-19(16)24-21/h7-11,13-14H,4-6H2,1-3H3,(H,23,25). The molecule has 2 aromatic rings. The topological polar surface area (TPSA) is 65.8 Å². The van der Waals surface area contributed by atoms with Crippen LogP contribution in [0.1, 0.15) is 55.5 Å². The second-order valence-electron chi connectivity index (χ2n) is 6.94. The summed E-state index contributed by atoms with van der Waals surface area (Å²) in [6, 6.07) is 12.1. The van der Waals surface area contributed by atoms with Crippen LogP contribution in [0.15, 0.2) is 35.4 Å². The quantitative estimate of drug-likeness (QED) is 0.781. The zero-order valence-corrected chi connectivity index (χ0v) is 16.2. The van der Waals surface area contributed by atoms with Gasteiger partial charge in [0, 0.05) is 11.4 Å². The van der Waals surface area contributed by atoms with Crippen LogP contribution in [0.4, 0.5) is 5.69 Å². The molecular weight excluding hydrogens is 342 g/mol. The number of carbonyl (C=O) groups is 1. The van der Waals surface area contributed by atoms with Crippen LogP contribution in [0.3, 0.4) is 0 Å². The third kappa shape index (κ3) is 4.08. The Morgan fingerprint density at radius 1 is 1.23 bits per heavy atom. The summed E-state index contributed by atoms with van der Waals surface area (Å²) < 4.78 is 0. The molecule has 1 aromatic carbocycles. The maximum Gasteiger partial charge on any atom is 0.237 e. The van der Waals surface area contributed by atoms with Crippen LogP contribution >= 0.6 is 11.8 Å². The van der Waals surface area contributed by atoms with Gasteiger partial charge in [-0.15, -0.1) is 0 Å². The van der Waals surface area contributed by atoms with Gasteiger partial charge in [0.2, 0.25) is 5.91 Å². The van der Waals surface area contributed by atoms with E-state index in [4.69, 9.17) is 0 Å². The second-order valence-corrected chi connectivity index (χ2v) is 8.27. The predicted octanol–water partition coefficient (Wildman–Crippen LogP) is 4.68. The van der Waals surface area contributed by atoms with Crippen LogP contribution in [0, 0.1) is 11.3 Å². The van der Waals surface area contributed by atoms with E-state index >= 15 is 0 Å². The lowest BCUT2D eigenvalue weighted by molar-refractivity contribution is -0.115. The van der Waals surface area contributed by atoms with E-state index in [2.05, 4.69) is 30.2 Å². The maximum atomic E-state index is 12.5. The highest BCUT2D eigenvalue weighted by Crippen LogP contribution is 2.30. The third-order valence-corrected chi connectivity index (χ3v) is 5.74. The van der Waals surface area contributed by atoms with Crippen molar-refractivity contribution in [3.05, 3.63) is 52.7 Å². The van der Waals surface area contributed by atoms with Gasteiger partial charge in [-0.05, 0) is 61.4 Å². The van der Waals surface area contributed by atoms with E-state index in [0.29, 0.717) is 16.5 Å². The number of thioether (sulfide) groups is 1. The number of hydrogen-bond donors (Lipinski definition) is 1. The fourth-order valence-corrected chi connectivity index (χ4v) is 3.93. The van der Waals surface area contributed by atoms with E-state index in [1.807, 2.05) is 37.3 Å². The monoisotopic (exact) mass is 365 g/mol. The summed E-state index contributed by atoms with van der Waals surface area (Å²) in [4.78, 5) is 17.2. The summed E-state index contributed by atoms with van der Waals surface area (Å²) in [5, 5.41) is 12.7. The number of pyridine rings is 1. The molecule has 26 heavy (non-hydrogen) atoms. The Morgan fingerprint density at radius 2 is 1.96 bits per heavy atom. The molecule has 1 N–H and O–H groups in total. The van der Waals surface area contributed by atoms with Crippen molar-refractivity contribution in [1.82, 2.24) is 4.98 Å². The Bertz CT molecular complexity index is 853. The first kappa shape index (κ1) is 18.5. The van der Waals surface area contributed by atoms with E-state index in [1.54, 1.807) is 0 Å². The van der Waals surface area contributed by atoms with Crippen molar-refractivity contribution in [2.75, 3.05) is 5.32 Å². The van der Waals surface area contributed by atoms with E-state index < -0.39 is 0 Å². The summed E-state index contributed by atoms with van der Waals surface area (Å²) in [5.41, 5.74) is 4.84. The van der Waals surface area contributed by atoms with Gasteiger partial charge in [0.15, 0.2) is 0 Å². The first-order valence-corrected chi connectivity index (χ1v) is 9.86. The molecule has 1 heterocycles. The number of benzene rings is 1. The molecule has 5 heteroatoms. The fraction of sp³-hybridized carbons (Fsp3) is 0.381. The molecule has 1 amide bonds. The third-order valence-electron chi connectivity index (χ3n) is 4.64. The molecular formula is C21H23N3OS. The van der Waals surface area contributed by atoms with Gasteiger partial charge in [-0.1, -0.05) is 37.7 Å². The van der Waals surface area contributed by atoms with Crippen LogP contribution in [0.25, 0.3) is 0 Å². The number of nitriles is 1. The summed E-state index contributed by atoms with van der Waals surface area (Å²) in [7, 11) is 0. The van der Waals surface area contributed by atoms with Crippen LogP contribution in [-0.2, 0) is 17.6 Å². The number of aromatic nitrogens is 1. The Kier molecular flexibility index (Phi) is 5.63. The Hall–Kier alpha value is -2.32. The molecule has 4 nitrogen and oxygen atoms in total. The Morgan fingerprint density at radius 3 is 2.62 bits per heavy atom. The molecule has 0 spiro atoms. The lowest BCUT2D eigenvalue weighted by atomic mass is 10.0. The van der Waals surface area contributed by atoms with Gasteiger partial charge >= 0.3 is 0 Å². The number of aryl methyl sites for hydroxylation is 2. The number of fused-ring (bicyclic) bond motifs is 1. The van der Waals surface area contributed by atoms with Crippen molar-refractivity contribution in [3.63, 3.8) is 0 Å². The van der Waals surface area contributed by atoms with Crippen LogP contribution in [-0.4, -0.2) is 16.1 Å². The molecule has 0 radical (unpaired) electrons. The summed E-state index contributed by atoms with van der Waals surface area (Å²) in [6.45, 7) is 6.13. The van der Waals surface area contributed by atoms with Crippen molar-refractivity contribution >= 4 is 23.4 Å². The van der Waals surface area contributed by atoms with Gasteiger partial charge in [0.05, 0.1) is 10.8 Å². The van der Waals surface area contributed by atoms with Crippen molar-refractivity contribution in [1.29, 1.82) is 5.26 Å². The van der Waals surface area contributed by atoms with Gasteiger partial charge in [-0.2, -0.15) is 5.26 Å². The Balaban J connectivity index is 1.69. The molecule has 1 unspecified atom stereocenters. The van der Waals surface area contributed by atoms with E-state index in [-0.39, 0.29) is 11.2 Å². The summed E-state index contributed by atoms with van der Waals surface area (Å²) >= 11 is 1.35. The average Bonchev–Trinajstić information content (AvgIpc) is 3.08. The fourth-order valence-electron chi connectivity index (χ4n) is 3.04. The molecule has 0 fully saturated rings. The van der Waals surface area contributed by atoms with Gasteiger partial charge in [-0.25, -0.2) is 4.98 Å². The van der Waals surface area contributed by atoms with Crippen LogP contribution in [0.2, 0.25) is 0 Å². The molecule has 1 aliphatic carbocycles. The number of carbonyl (C=O) groups excluding carboxylic acids is 1. The number of rotatable bonds is 5. The van der Waals surface area contributed by atoms with Gasteiger partial charge < -0.3 is 5.32 Å². The molecule has 3 rings (SSSR count). The van der Waals surface area contributed by atoms with Crippen molar-refractivity contribution in [3.8, 4) is 6.07 Å². The molecule has 1 atom stereocenters. The van der Waals surface area contributed by atoms with E-state index in [0.717, 1.165) is 30.6 Å². The lowest BCUT2D eigenvalue weighted by Crippen LogP contribution is -2.22. The Labute approximate surface area is 159 Å². The molecule has 0 aliphatic heterocycles. The molecule has 0 saturated heterocycles. The van der Waals surface area contributed by atoms with Crippen LogP contribution < -0.4 is 5.32 Å². The van der Waals surface area contributed by atoms with Crippen LogP contribution in [0.5, 0.6) is 0 Å². The zero-order valence-electron chi connectivity index (χ0n) is 15.4. The highest BCUT2D eigenvalue weighted by atomic mass is 32.2. The molecule has 0 saturated carbocycles. The van der Waals surface area contributed by atoms with Crippen molar-refractivity contribution in [2.45, 2.75) is 56.2 Å². The van der Waals surface area contributed by atoms with Gasteiger partial charge in [0.25, 0.3) is 0 Å². The minimum absolute atomic E-state index is 0.0847. The summed E-state index contributed by atoms with van der Waals surface area (Å²) in [5.74, 6) is 0.378. The van der Waals surface area contributed by atoms with Gasteiger partial charge in [0.1, 0.15) is 11.1 Å². The maximum absolute atomic E-state index is 12.5. The van der Waals surface area contributed by atoms with E-state index in [1.165, 1.54) is 22.9 Å². The smallest absolute Gasteiger partial charge is 0.237 e. The van der Waals surface area contributed by atoms with Gasteiger partial charge in [-0.3, -0.25) is 4.79 Å². The van der Waals surface area contributed by atoms with E-state index in [9.17, 15) is 10.1 Å². The largest absolute Gasteiger partial charge is 0.325 e. The summed E-state index contributed by atoms with van der Waals surface area (Å²) in [6.07, 6.45) is 3.03. The average molecular weight is 366 g/mol. The second kappa shape index (κ2) is 7.92. The highest BCUT2D eigenvalue weighted by molar-refractivity contribution is 8.00. The van der Waals surface area contributed by atoms with Crippen molar-refractivity contribution in [2.24, 2.45) is 0 Å². The number of nitrogens with zero attached hydrogens (tertiary/aromatic N) is 2. The zero-order chi connectivity index (χ0) is 18.7. The molecule has 134 valence electrons. The number of anilines is 1. The number of hydrogen-bond acceptors (Lipinski definition) is 4. The number of amides is 1. The first-order valence-electron chi connectivity index (χ1n) is 8.98. The molecule has 1 aliphatic rings. The normalized spacial score (nSPS) is 14.0. The molecule has 0 bridgehead atoms.